The minimum atomic E-state index is -1.09. The molecule has 0 fully saturated rings. The van der Waals surface area contributed by atoms with E-state index in [0.29, 0.717) is 11.3 Å². The van der Waals surface area contributed by atoms with Crippen LogP contribution in [-0.4, -0.2) is 28.0 Å². The van der Waals surface area contributed by atoms with Gasteiger partial charge in [-0.15, -0.1) is 0 Å². The third-order valence-corrected chi connectivity index (χ3v) is 2.24. The van der Waals surface area contributed by atoms with E-state index in [0.717, 1.165) is 0 Å². The molecule has 1 aliphatic heterocycles. The predicted molar refractivity (Wildman–Crippen MR) is 59.0 cm³/mol. The molecule has 0 aromatic carbocycles. The zero-order chi connectivity index (χ0) is 12.4. The van der Waals surface area contributed by atoms with E-state index in [1.54, 1.807) is 0 Å². The first kappa shape index (κ1) is 10.9. The van der Waals surface area contributed by atoms with Crippen LogP contribution < -0.4 is 11.4 Å². The van der Waals surface area contributed by atoms with Crippen LogP contribution in [0, 0.1) is 5.92 Å². The monoisotopic (exact) mass is 232 g/mol. The van der Waals surface area contributed by atoms with E-state index in [1.165, 1.54) is 24.6 Å². The lowest BCUT2D eigenvalue weighted by molar-refractivity contribution is -0.129. The lowest BCUT2D eigenvalue weighted by Crippen LogP contribution is -2.30. The van der Waals surface area contributed by atoms with Crippen LogP contribution >= 0.6 is 0 Å². The fraction of sp³-hybridized carbons (Fsp3) is 0.100. The van der Waals surface area contributed by atoms with Gasteiger partial charge in [0.25, 0.3) is 5.91 Å². The molecule has 3 N–H and O–H groups in total. The summed E-state index contributed by atoms with van der Waals surface area (Å²) in [6, 6.07) is 1.53. The van der Waals surface area contributed by atoms with Crippen molar-refractivity contribution in [3.05, 3.63) is 34.5 Å². The zero-order valence-electron chi connectivity index (χ0n) is 8.58. The Labute approximate surface area is 95.1 Å². The van der Waals surface area contributed by atoms with Gasteiger partial charge < -0.3 is 10.7 Å². The van der Waals surface area contributed by atoms with E-state index in [9.17, 15) is 14.4 Å². The Morgan fingerprint density at radius 2 is 2.18 bits per heavy atom. The molecule has 2 amide bonds. The van der Waals surface area contributed by atoms with E-state index < -0.39 is 23.4 Å². The Hall–Kier alpha value is -2.57. The number of carbonyl (C=O) groups is 2. The number of primary amides is 1. The number of nitrogens with one attached hydrogen (secondary N) is 1. The van der Waals surface area contributed by atoms with Gasteiger partial charge in [0.1, 0.15) is 5.92 Å². The maximum absolute atomic E-state index is 11.3. The summed E-state index contributed by atoms with van der Waals surface area (Å²) in [6.45, 7) is 0. The van der Waals surface area contributed by atoms with Gasteiger partial charge in [-0.05, 0) is 6.07 Å². The summed E-state index contributed by atoms with van der Waals surface area (Å²) >= 11 is 0. The summed E-state index contributed by atoms with van der Waals surface area (Å²) in [6.07, 6.45) is 3.95. The predicted octanol–water partition coefficient (Wildman–Crippen LogP) is -1.13. The van der Waals surface area contributed by atoms with E-state index in [4.69, 9.17) is 5.73 Å². The average Bonchev–Trinajstić information content (AvgIpc) is 2.29. The molecule has 0 saturated carbocycles. The highest BCUT2D eigenvalue weighted by molar-refractivity contribution is 6.19. The first-order valence-corrected chi connectivity index (χ1v) is 4.72. The normalized spacial score (nSPS) is 18.9. The van der Waals surface area contributed by atoms with Gasteiger partial charge in [0.2, 0.25) is 5.91 Å². The number of carbonyl (C=O) groups excluding carboxylic acids is 2. The number of dihydropyridines is 1. The van der Waals surface area contributed by atoms with Gasteiger partial charge in [-0.2, -0.15) is 0 Å². The standard InChI is InChI=1S/C10H8N4O3/c11-8(15)6-3-5(4-13-9(6)16)7-1-2-12-10(17)14-7/h1-4,6H,(H2,11,15)(H,12,14,17). The van der Waals surface area contributed by atoms with Gasteiger partial charge in [0.15, 0.2) is 0 Å². The average molecular weight is 232 g/mol. The number of nitrogens with zero attached hydrogens (tertiary/aromatic N) is 2. The van der Waals surface area contributed by atoms with E-state index in [1.807, 2.05) is 0 Å². The lowest BCUT2D eigenvalue weighted by Gasteiger charge is -2.11. The molecule has 1 unspecified atom stereocenters. The molecule has 1 atom stereocenters. The zero-order valence-corrected chi connectivity index (χ0v) is 8.58. The Morgan fingerprint density at radius 3 is 2.82 bits per heavy atom. The Morgan fingerprint density at radius 1 is 1.41 bits per heavy atom. The molecular weight excluding hydrogens is 224 g/mol. The number of H-pyrrole nitrogens is 1. The fourth-order valence-electron chi connectivity index (χ4n) is 1.41. The number of hydrogen-bond donors (Lipinski definition) is 2. The largest absolute Gasteiger partial charge is 0.369 e. The van der Waals surface area contributed by atoms with Crippen LogP contribution in [-0.2, 0) is 9.59 Å². The second-order valence-electron chi connectivity index (χ2n) is 3.39. The van der Waals surface area contributed by atoms with Crippen molar-refractivity contribution in [3.63, 3.8) is 0 Å². The number of aromatic amines is 1. The molecule has 1 aromatic rings. The molecule has 7 heteroatoms. The summed E-state index contributed by atoms with van der Waals surface area (Å²) < 4.78 is 0. The number of allylic oxidation sites excluding steroid dienone is 1. The van der Waals surface area contributed by atoms with Gasteiger partial charge in [-0.25, -0.2) is 14.8 Å². The first-order chi connectivity index (χ1) is 8.08. The Balaban J connectivity index is 2.43. The smallest absolute Gasteiger partial charge is 0.345 e. The maximum atomic E-state index is 11.3. The van der Waals surface area contributed by atoms with Crippen LogP contribution in [0.5, 0.6) is 0 Å². The van der Waals surface area contributed by atoms with Crippen LogP contribution in [0.15, 0.2) is 28.1 Å². The molecule has 1 aliphatic rings. The number of nitrogens with two attached hydrogens (primary N) is 1. The number of rotatable bonds is 2. The van der Waals surface area contributed by atoms with Gasteiger partial charge in [0, 0.05) is 18.0 Å². The van der Waals surface area contributed by atoms with Crippen LogP contribution in [0.2, 0.25) is 0 Å². The number of aliphatic imine (C=N–C) groups is 1. The number of amides is 2. The minimum absolute atomic E-state index is 0.424. The van der Waals surface area contributed by atoms with Crippen LogP contribution in [0.1, 0.15) is 5.69 Å². The molecule has 2 heterocycles. The summed E-state index contributed by atoms with van der Waals surface area (Å²) in [5.74, 6) is -2.48. The van der Waals surface area contributed by atoms with E-state index >= 15 is 0 Å². The molecule has 0 aliphatic carbocycles. The van der Waals surface area contributed by atoms with Crippen molar-refractivity contribution >= 4 is 23.6 Å². The maximum Gasteiger partial charge on any atom is 0.345 e. The third-order valence-electron chi connectivity index (χ3n) is 2.24. The van der Waals surface area contributed by atoms with Gasteiger partial charge in [-0.3, -0.25) is 9.59 Å². The highest BCUT2D eigenvalue weighted by Crippen LogP contribution is 2.16. The van der Waals surface area contributed by atoms with Crippen molar-refractivity contribution in [2.24, 2.45) is 16.6 Å². The molecule has 86 valence electrons. The second-order valence-corrected chi connectivity index (χ2v) is 3.39. The first-order valence-electron chi connectivity index (χ1n) is 4.72. The molecule has 1 aromatic heterocycles. The highest BCUT2D eigenvalue weighted by Gasteiger charge is 2.25. The quantitative estimate of drug-likeness (QED) is 0.627. The topological polar surface area (TPSA) is 118 Å². The SMILES string of the molecule is NC(=O)C1C=C(c2ccnc(=O)[nH]2)C=NC1=O. The summed E-state index contributed by atoms with van der Waals surface area (Å²) in [4.78, 5) is 42.7. The van der Waals surface area contributed by atoms with Crippen LogP contribution in [0.4, 0.5) is 0 Å². The minimum Gasteiger partial charge on any atom is -0.369 e. The summed E-state index contributed by atoms with van der Waals surface area (Å²) in [5, 5.41) is 0. The molecule has 0 radical (unpaired) electrons. The third kappa shape index (κ3) is 2.17. The van der Waals surface area contributed by atoms with Crippen LogP contribution in [0.3, 0.4) is 0 Å². The molecule has 17 heavy (non-hydrogen) atoms. The van der Waals surface area contributed by atoms with E-state index in [2.05, 4.69) is 15.0 Å². The molecule has 0 spiro atoms. The second kappa shape index (κ2) is 4.12. The highest BCUT2D eigenvalue weighted by atomic mass is 16.2. The lowest BCUT2D eigenvalue weighted by atomic mass is 10.0. The van der Waals surface area contributed by atoms with E-state index in [-0.39, 0.29) is 0 Å². The molecule has 7 nitrogen and oxygen atoms in total. The molecular formula is C10H8N4O3. The summed E-state index contributed by atoms with van der Waals surface area (Å²) in [7, 11) is 0. The van der Waals surface area contributed by atoms with Crippen molar-refractivity contribution in [2.75, 3.05) is 0 Å². The van der Waals surface area contributed by atoms with Crippen molar-refractivity contribution in [1.29, 1.82) is 0 Å². The fourth-order valence-corrected chi connectivity index (χ4v) is 1.41. The summed E-state index contributed by atoms with van der Waals surface area (Å²) in [5.41, 5.74) is 5.42. The van der Waals surface area contributed by atoms with Crippen molar-refractivity contribution < 1.29 is 9.59 Å². The molecule has 0 bridgehead atoms. The van der Waals surface area contributed by atoms with Gasteiger partial charge in [-0.1, -0.05) is 6.08 Å². The van der Waals surface area contributed by atoms with Gasteiger partial charge in [0.05, 0.1) is 5.69 Å². The Bertz CT molecular complexity index is 600. The van der Waals surface area contributed by atoms with Gasteiger partial charge >= 0.3 is 5.69 Å². The number of aromatic nitrogens is 2. The van der Waals surface area contributed by atoms with Crippen molar-refractivity contribution in [3.8, 4) is 0 Å². The molecule has 0 saturated heterocycles. The number of hydrogen-bond acceptors (Lipinski definition) is 4. The van der Waals surface area contributed by atoms with Crippen LogP contribution in [0.25, 0.3) is 5.57 Å². The van der Waals surface area contributed by atoms with Crippen molar-refractivity contribution in [1.82, 2.24) is 9.97 Å². The molecule has 2 rings (SSSR count). The van der Waals surface area contributed by atoms with Crippen molar-refractivity contribution in [2.45, 2.75) is 0 Å². The Kier molecular flexibility index (Phi) is 2.65.